The van der Waals surface area contributed by atoms with E-state index in [1.807, 2.05) is 74.4 Å². The number of ether oxygens (including phenoxy) is 2. The molecule has 0 spiro atoms. The van der Waals surface area contributed by atoms with Gasteiger partial charge in [-0.2, -0.15) is 0 Å². The van der Waals surface area contributed by atoms with E-state index in [1.54, 1.807) is 24.4 Å². The minimum absolute atomic E-state index is 0.00767. The molecule has 1 aliphatic carbocycles. The maximum absolute atomic E-state index is 12.4. The van der Waals surface area contributed by atoms with Gasteiger partial charge in [-0.3, -0.25) is 19.8 Å². The fourth-order valence-electron chi connectivity index (χ4n) is 4.85. The summed E-state index contributed by atoms with van der Waals surface area (Å²) < 4.78 is 11.7. The fourth-order valence-corrected chi connectivity index (χ4v) is 4.85. The second-order valence-corrected chi connectivity index (χ2v) is 9.90. The van der Waals surface area contributed by atoms with Gasteiger partial charge in [0.05, 0.1) is 12.2 Å². The van der Waals surface area contributed by atoms with E-state index >= 15 is 0 Å². The van der Waals surface area contributed by atoms with Gasteiger partial charge in [-0.25, -0.2) is 4.79 Å². The number of anilines is 1. The minimum Gasteiger partial charge on any atom is -0.485 e. The number of hydrogen-bond acceptors (Lipinski definition) is 7. The average molecular weight is 529 g/mol. The van der Waals surface area contributed by atoms with Gasteiger partial charge >= 0.3 is 5.97 Å². The Hall–Kier alpha value is -4.47. The normalized spacial score (nSPS) is 16.1. The first-order valence-corrected chi connectivity index (χ1v) is 12.6. The zero-order chi connectivity index (χ0) is 28.0. The summed E-state index contributed by atoms with van der Waals surface area (Å²) in [5.41, 5.74) is 3.25. The standard InChI is InChI=1S/C30H29N3O6/c1-6-38-29-26(27(34)28(29)35)31-16-7-10-19(30(36)37)22(13-16)25-20-11-8-17(32(2)3)14-23(20)39-24-15-18(33(4)5)9-12-21(24)25/h7-15,17,31H,6H2,1-5H3,(H,36,37)/p+1. The molecule has 0 bridgehead atoms. The van der Waals surface area contributed by atoms with Gasteiger partial charge < -0.3 is 19.5 Å². The lowest BCUT2D eigenvalue weighted by molar-refractivity contribution is -0.481. The highest BCUT2D eigenvalue weighted by Crippen LogP contribution is 2.45. The number of benzene rings is 2. The van der Waals surface area contributed by atoms with E-state index in [4.69, 9.17) is 9.47 Å². The highest BCUT2D eigenvalue weighted by atomic mass is 16.5. The molecule has 9 nitrogen and oxygen atoms in total. The van der Waals surface area contributed by atoms with Crippen LogP contribution in [0.2, 0.25) is 0 Å². The summed E-state index contributed by atoms with van der Waals surface area (Å²) in [7, 11) is 7.83. The number of hydrogen-bond donors (Lipinski definition) is 2. The molecule has 3 N–H and O–H groups in total. The van der Waals surface area contributed by atoms with Crippen molar-refractivity contribution < 1.29 is 24.7 Å². The minimum atomic E-state index is -1.08. The smallest absolute Gasteiger partial charge is 0.336 e. The predicted molar refractivity (Wildman–Crippen MR) is 149 cm³/mol. The number of fused-ring (bicyclic) bond motifs is 2. The molecule has 0 aromatic heterocycles. The molecule has 1 aliphatic heterocycles. The van der Waals surface area contributed by atoms with Crippen molar-refractivity contribution in [3.63, 3.8) is 0 Å². The second-order valence-electron chi connectivity index (χ2n) is 9.90. The Balaban J connectivity index is 1.71. The molecule has 3 aromatic carbocycles. The van der Waals surface area contributed by atoms with Gasteiger partial charge in [-0.15, -0.1) is 0 Å². The molecule has 200 valence electrons. The van der Waals surface area contributed by atoms with Crippen molar-refractivity contribution in [3.8, 4) is 11.5 Å². The van der Waals surface area contributed by atoms with Crippen molar-refractivity contribution in [3.05, 3.63) is 103 Å². The predicted octanol–water partition coefficient (Wildman–Crippen LogP) is 2.55. The molecule has 0 saturated heterocycles. The van der Waals surface area contributed by atoms with Crippen LogP contribution in [0.1, 0.15) is 28.4 Å². The Kier molecular flexibility index (Phi) is 6.71. The van der Waals surface area contributed by atoms with Crippen molar-refractivity contribution in [1.82, 2.24) is 4.90 Å². The number of carbonyl (C=O) groups is 1. The van der Waals surface area contributed by atoms with Crippen LogP contribution in [-0.4, -0.2) is 56.8 Å². The lowest BCUT2D eigenvalue weighted by Crippen LogP contribution is -2.76. The van der Waals surface area contributed by atoms with Crippen LogP contribution in [0.15, 0.2) is 75.5 Å². The first-order valence-electron chi connectivity index (χ1n) is 12.6. The van der Waals surface area contributed by atoms with Crippen LogP contribution in [0.4, 0.5) is 17.1 Å². The van der Waals surface area contributed by atoms with Gasteiger partial charge in [-0.05, 0) is 45.3 Å². The van der Waals surface area contributed by atoms with Crippen molar-refractivity contribution in [2.45, 2.75) is 13.0 Å². The van der Waals surface area contributed by atoms with Crippen LogP contribution < -0.4 is 30.5 Å². The third-order valence-electron chi connectivity index (χ3n) is 6.93. The molecule has 0 saturated carbocycles. The van der Waals surface area contributed by atoms with E-state index < -0.39 is 16.8 Å². The third kappa shape index (κ3) is 4.56. The first kappa shape index (κ1) is 26.1. The van der Waals surface area contributed by atoms with Crippen LogP contribution in [0.5, 0.6) is 11.5 Å². The van der Waals surface area contributed by atoms with Crippen LogP contribution in [0.3, 0.4) is 0 Å². The molecule has 0 amide bonds. The van der Waals surface area contributed by atoms with Gasteiger partial charge in [-0.1, -0.05) is 12.2 Å². The Labute approximate surface area is 225 Å². The number of likely N-dealkylation sites (N-methyl/N-ethyl adjacent to an activating group) is 1. The molecular weight excluding hydrogens is 498 g/mol. The Morgan fingerprint density at radius 2 is 1.82 bits per heavy atom. The SMILES string of the molecule is CCOc1c([NH2+]c2ccc(C(=O)O)c(C3=C4C=CC(N(C)C)C=C4Oc4cc(N(C)C)ccc43)c2)c(=O)c1=O. The van der Waals surface area contributed by atoms with E-state index in [9.17, 15) is 19.5 Å². The largest absolute Gasteiger partial charge is 0.485 e. The summed E-state index contributed by atoms with van der Waals surface area (Å²) in [5, 5.41) is 11.7. The summed E-state index contributed by atoms with van der Waals surface area (Å²) in [6.45, 7) is 1.99. The van der Waals surface area contributed by atoms with Crippen LogP contribution in [0.25, 0.3) is 5.57 Å². The topological polar surface area (TPSA) is 113 Å². The highest BCUT2D eigenvalue weighted by molar-refractivity contribution is 6.01. The van der Waals surface area contributed by atoms with E-state index in [2.05, 4.69) is 0 Å². The van der Waals surface area contributed by atoms with E-state index in [0.29, 0.717) is 28.3 Å². The van der Waals surface area contributed by atoms with E-state index in [-0.39, 0.29) is 29.6 Å². The molecule has 9 heteroatoms. The van der Waals surface area contributed by atoms with Gasteiger partial charge in [0, 0.05) is 66.3 Å². The van der Waals surface area contributed by atoms with Crippen LogP contribution in [0, 0.1) is 0 Å². The number of carboxylic acids is 1. The number of quaternary nitrogens is 1. The van der Waals surface area contributed by atoms with Crippen molar-refractivity contribution >= 4 is 28.6 Å². The molecule has 1 unspecified atom stereocenters. The molecule has 0 fully saturated rings. The molecule has 39 heavy (non-hydrogen) atoms. The second kappa shape index (κ2) is 10.0. The molecule has 1 atom stereocenters. The Bertz CT molecular complexity index is 1650. The Morgan fingerprint density at radius 1 is 1.05 bits per heavy atom. The number of allylic oxidation sites excluding steroid dienone is 1. The summed E-state index contributed by atoms with van der Waals surface area (Å²) in [6, 6.07) is 10.7. The van der Waals surface area contributed by atoms with Gasteiger partial charge in [0.25, 0.3) is 10.9 Å². The first-order chi connectivity index (χ1) is 18.6. The molecular formula is C30H30N3O6+. The maximum atomic E-state index is 12.4. The number of nitrogens with two attached hydrogens (primary N) is 1. The van der Waals surface area contributed by atoms with E-state index in [0.717, 1.165) is 16.8 Å². The number of carboxylic acid groups (broad SMARTS) is 1. The highest BCUT2D eigenvalue weighted by Gasteiger charge is 2.32. The maximum Gasteiger partial charge on any atom is 0.336 e. The van der Waals surface area contributed by atoms with Crippen molar-refractivity contribution in [1.29, 1.82) is 0 Å². The number of rotatable bonds is 8. The molecule has 0 radical (unpaired) electrons. The summed E-state index contributed by atoms with van der Waals surface area (Å²) in [4.78, 5) is 40.7. The number of nitrogens with zero attached hydrogens (tertiary/aromatic N) is 2. The lowest BCUT2D eigenvalue weighted by Gasteiger charge is -2.31. The van der Waals surface area contributed by atoms with Crippen molar-refractivity contribution in [2.24, 2.45) is 0 Å². The van der Waals surface area contributed by atoms with E-state index in [1.165, 1.54) is 6.07 Å². The summed E-state index contributed by atoms with van der Waals surface area (Å²) >= 11 is 0. The van der Waals surface area contributed by atoms with Gasteiger partial charge in [0.1, 0.15) is 17.2 Å². The zero-order valence-corrected chi connectivity index (χ0v) is 22.4. The molecule has 5 rings (SSSR count). The average Bonchev–Trinajstić information content (AvgIpc) is 2.92. The fraction of sp³-hybridized carbons (Fsp3) is 0.233. The van der Waals surface area contributed by atoms with Crippen LogP contribution >= 0.6 is 0 Å². The monoisotopic (exact) mass is 528 g/mol. The molecule has 2 aliphatic rings. The third-order valence-corrected chi connectivity index (χ3v) is 6.93. The Morgan fingerprint density at radius 3 is 2.49 bits per heavy atom. The number of aromatic carboxylic acids is 1. The van der Waals surface area contributed by atoms with Gasteiger partial charge in [0.15, 0.2) is 0 Å². The zero-order valence-electron chi connectivity index (χ0n) is 22.4. The lowest BCUT2D eigenvalue weighted by atomic mass is 9.84. The van der Waals surface area contributed by atoms with Gasteiger partial charge in [0.2, 0.25) is 11.4 Å². The molecule has 3 aromatic rings. The quantitative estimate of drug-likeness (QED) is 0.339. The summed E-state index contributed by atoms with van der Waals surface area (Å²) in [6.07, 6.45) is 6.01. The summed E-state index contributed by atoms with van der Waals surface area (Å²) in [5.74, 6) is 0.214. The molecule has 1 heterocycles. The van der Waals surface area contributed by atoms with Crippen molar-refractivity contribution in [2.75, 3.05) is 39.7 Å². The van der Waals surface area contributed by atoms with Crippen LogP contribution in [-0.2, 0) is 0 Å².